The minimum Gasteiger partial charge on any atom is -0.381 e. The molecule has 1 saturated heterocycles. The number of ether oxygens (including phenoxy) is 1. The molecule has 2 heterocycles. The highest BCUT2D eigenvalue weighted by Crippen LogP contribution is 2.23. The van der Waals surface area contributed by atoms with Crippen LogP contribution in [-0.2, 0) is 4.74 Å². The van der Waals surface area contributed by atoms with Gasteiger partial charge in [0.2, 0.25) is 0 Å². The molecule has 1 amide bonds. The van der Waals surface area contributed by atoms with Crippen LogP contribution in [0.5, 0.6) is 0 Å². The molecule has 1 aromatic rings. The van der Waals surface area contributed by atoms with Gasteiger partial charge in [-0.25, -0.2) is 0 Å². The first-order valence-corrected chi connectivity index (χ1v) is 6.92. The van der Waals surface area contributed by atoms with Gasteiger partial charge in [-0.3, -0.25) is 9.59 Å². The Bertz CT molecular complexity index is 480. The van der Waals surface area contributed by atoms with Gasteiger partial charge in [0.05, 0.1) is 5.54 Å². The molecule has 0 saturated carbocycles. The predicted octanol–water partition coefficient (Wildman–Crippen LogP) is 1.05. The van der Waals surface area contributed by atoms with Crippen LogP contribution in [0.4, 0.5) is 0 Å². The fraction of sp³-hybridized carbons (Fsp3) is 0.500. The van der Waals surface area contributed by atoms with Crippen molar-refractivity contribution in [3.05, 3.63) is 34.2 Å². The Kier molecular flexibility index (Phi) is 4.19. The van der Waals surface area contributed by atoms with Crippen LogP contribution in [-0.4, -0.2) is 35.0 Å². The largest absolute Gasteiger partial charge is 0.381 e. The number of nitrogens with one attached hydrogen (secondary N) is 2. The summed E-state index contributed by atoms with van der Waals surface area (Å²) in [5.41, 5.74) is -0.454. The lowest BCUT2D eigenvalue weighted by Gasteiger charge is -2.36. The lowest BCUT2D eigenvalue weighted by Crippen LogP contribution is -2.54. The van der Waals surface area contributed by atoms with Crippen molar-refractivity contribution in [3.8, 4) is 0 Å². The van der Waals surface area contributed by atoms with Gasteiger partial charge in [0, 0.05) is 37.0 Å². The molecule has 0 aromatic carbocycles. The molecule has 6 heteroatoms. The molecule has 2 rings (SSSR count). The Hall–Kier alpha value is -1.14. The van der Waals surface area contributed by atoms with Crippen LogP contribution in [0.2, 0.25) is 0 Å². The van der Waals surface area contributed by atoms with Crippen LogP contribution < -0.4 is 10.7 Å². The summed E-state index contributed by atoms with van der Waals surface area (Å²) >= 11 is 3.43. The summed E-state index contributed by atoms with van der Waals surface area (Å²) in [6.07, 6.45) is 4.43. The normalized spacial score (nSPS) is 18.3. The smallest absolute Gasteiger partial charge is 0.257 e. The number of carbonyl (C=O) groups excluding carboxylic acids is 1. The molecular formula is C12H15BrN2O3. The van der Waals surface area contributed by atoms with Gasteiger partial charge >= 0.3 is 0 Å². The van der Waals surface area contributed by atoms with Crippen molar-refractivity contribution in [2.24, 2.45) is 0 Å². The molecule has 0 bridgehead atoms. The highest BCUT2D eigenvalue weighted by molar-refractivity contribution is 9.09. The van der Waals surface area contributed by atoms with E-state index in [1.165, 1.54) is 18.5 Å². The number of alkyl halides is 1. The van der Waals surface area contributed by atoms with Crippen molar-refractivity contribution in [1.82, 2.24) is 10.3 Å². The molecular weight excluding hydrogens is 300 g/mol. The molecule has 0 atom stereocenters. The molecule has 2 N–H and O–H groups in total. The van der Waals surface area contributed by atoms with Crippen LogP contribution in [0.15, 0.2) is 23.3 Å². The minimum atomic E-state index is -0.335. The van der Waals surface area contributed by atoms with E-state index in [1.54, 1.807) is 0 Å². The highest BCUT2D eigenvalue weighted by atomic mass is 79.9. The second-order valence-corrected chi connectivity index (χ2v) is 4.96. The molecule has 0 aliphatic carbocycles. The summed E-state index contributed by atoms with van der Waals surface area (Å²) < 4.78 is 5.30. The van der Waals surface area contributed by atoms with Gasteiger partial charge in [-0.15, -0.1) is 0 Å². The first-order chi connectivity index (χ1) is 8.67. The summed E-state index contributed by atoms with van der Waals surface area (Å²) in [6.45, 7) is 1.24. The van der Waals surface area contributed by atoms with E-state index in [4.69, 9.17) is 4.74 Å². The van der Waals surface area contributed by atoms with Crippen LogP contribution in [0.25, 0.3) is 0 Å². The van der Waals surface area contributed by atoms with E-state index >= 15 is 0 Å². The molecule has 1 aliphatic rings. The van der Waals surface area contributed by atoms with Crippen molar-refractivity contribution >= 4 is 21.8 Å². The molecule has 0 spiro atoms. The average molecular weight is 315 g/mol. The zero-order valence-corrected chi connectivity index (χ0v) is 11.5. The Morgan fingerprint density at radius 3 is 2.83 bits per heavy atom. The maximum atomic E-state index is 12.1. The quantitative estimate of drug-likeness (QED) is 0.819. The zero-order chi connectivity index (χ0) is 13.0. The summed E-state index contributed by atoms with van der Waals surface area (Å²) in [5.74, 6) is -0.335. The number of aromatic amines is 1. The highest BCUT2D eigenvalue weighted by Gasteiger charge is 2.33. The number of rotatable bonds is 3. The third-order valence-electron chi connectivity index (χ3n) is 3.15. The van der Waals surface area contributed by atoms with E-state index < -0.39 is 0 Å². The molecule has 98 valence electrons. The number of carbonyl (C=O) groups is 1. The van der Waals surface area contributed by atoms with Gasteiger partial charge in [0.15, 0.2) is 5.43 Å². The monoisotopic (exact) mass is 314 g/mol. The minimum absolute atomic E-state index is 0.143. The predicted molar refractivity (Wildman–Crippen MR) is 71.1 cm³/mol. The van der Waals surface area contributed by atoms with Crippen molar-refractivity contribution in [2.75, 3.05) is 18.5 Å². The van der Waals surface area contributed by atoms with E-state index in [0.29, 0.717) is 18.5 Å². The van der Waals surface area contributed by atoms with Crippen LogP contribution >= 0.6 is 15.9 Å². The number of H-pyrrole nitrogens is 1. The van der Waals surface area contributed by atoms with E-state index in [0.717, 1.165) is 12.8 Å². The van der Waals surface area contributed by atoms with Gasteiger partial charge in [-0.2, -0.15) is 0 Å². The topological polar surface area (TPSA) is 71.2 Å². The van der Waals surface area contributed by atoms with Crippen LogP contribution in [0.3, 0.4) is 0 Å². The summed E-state index contributed by atoms with van der Waals surface area (Å²) in [5, 5.41) is 3.61. The molecule has 0 unspecified atom stereocenters. The Morgan fingerprint density at radius 1 is 1.50 bits per heavy atom. The second-order valence-electron chi connectivity index (χ2n) is 4.40. The SMILES string of the molecule is O=C(NC1(CBr)CCOCC1)c1c[nH]ccc1=O. The molecule has 1 fully saturated rings. The average Bonchev–Trinajstić information content (AvgIpc) is 2.40. The second kappa shape index (κ2) is 5.67. The summed E-state index contributed by atoms with van der Waals surface area (Å²) in [7, 11) is 0. The third-order valence-corrected chi connectivity index (χ3v) is 4.23. The van der Waals surface area contributed by atoms with Crippen molar-refractivity contribution in [2.45, 2.75) is 18.4 Å². The molecule has 18 heavy (non-hydrogen) atoms. The van der Waals surface area contributed by atoms with Crippen molar-refractivity contribution in [1.29, 1.82) is 0 Å². The van der Waals surface area contributed by atoms with E-state index in [-0.39, 0.29) is 22.4 Å². The molecule has 1 aliphatic heterocycles. The van der Waals surface area contributed by atoms with E-state index in [2.05, 4.69) is 26.2 Å². The van der Waals surface area contributed by atoms with Gasteiger partial charge in [0.1, 0.15) is 5.56 Å². The lowest BCUT2D eigenvalue weighted by molar-refractivity contribution is 0.0441. The Morgan fingerprint density at radius 2 is 2.22 bits per heavy atom. The van der Waals surface area contributed by atoms with Gasteiger partial charge in [-0.1, -0.05) is 15.9 Å². The zero-order valence-electron chi connectivity index (χ0n) is 9.87. The Labute approximate surface area is 113 Å². The first kappa shape index (κ1) is 13.3. The number of hydrogen-bond acceptors (Lipinski definition) is 3. The fourth-order valence-corrected chi connectivity index (χ4v) is 2.66. The third kappa shape index (κ3) is 2.81. The van der Waals surface area contributed by atoms with Gasteiger partial charge in [0.25, 0.3) is 5.91 Å². The number of aromatic nitrogens is 1. The van der Waals surface area contributed by atoms with Gasteiger partial charge < -0.3 is 15.0 Å². The summed E-state index contributed by atoms with van der Waals surface area (Å²) in [4.78, 5) is 26.4. The van der Waals surface area contributed by atoms with Crippen molar-refractivity contribution < 1.29 is 9.53 Å². The fourth-order valence-electron chi connectivity index (χ4n) is 1.96. The number of hydrogen-bond donors (Lipinski definition) is 2. The van der Waals surface area contributed by atoms with E-state index in [9.17, 15) is 9.59 Å². The maximum absolute atomic E-state index is 12.1. The maximum Gasteiger partial charge on any atom is 0.257 e. The molecule has 5 nitrogen and oxygen atoms in total. The standard InChI is InChI=1S/C12H15BrN2O3/c13-8-12(2-5-18-6-3-12)15-11(17)9-7-14-4-1-10(9)16/h1,4,7H,2-3,5-6,8H2,(H,14,16)(H,15,17). The van der Waals surface area contributed by atoms with Crippen LogP contribution in [0.1, 0.15) is 23.2 Å². The van der Waals surface area contributed by atoms with Crippen molar-refractivity contribution in [3.63, 3.8) is 0 Å². The molecule has 1 aromatic heterocycles. The first-order valence-electron chi connectivity index (χ1n) is 5.80. The number of pyridine rings is 1. The summed E-state index contributed by atoms with van der Waals surface area (Å²) in [6, 6.07) is 1.35. The van der Waals surface area contributed by atoms with Crippen LogP contribution in [0, 0.1) is 0 Å². The lowest BCUT2D eigenvalue weighted by atomic mass is 9.92. The number of halogens is 1. The van der Waals surface area contributed by atoms with E-state index in [1.807, 2.05) is 0 Å². The molecule has 0 radical (unpaired) electrons. The number of amides is 1. The van der Waals surface area contributed by atoms with Gasteiger partial charge in [-0.05, 0) is 12.8 Å². The Balaban J connectivity index is 2.15.